The van der Waals surface area contributed by atoms with Gasteiger partial charge in [-0.3, -0.25) is 0 Å². The Hall–Kier alpha value is -1.02. The summed E-state index contributed by atoms with van der Waals surface area (Å²) in [6, 6.07) is 7.94. The van der Waals surface area contributed by atoms with E-state index in [0.717, 1.165) is 0 Å². The SMILES string of the molecule is O/N=C\c1ccc[c]c1Cl. The summed E-state index contributed by atoms with van der Waals surface area (Å²) in [7, 11) is 0. The van der Waals surface area contributed by atoms with E-state index in [-0.39, 0.29) is 0 Å². The topological polar surface area (TPSA) is 32.6 Å². The maximum atomic E-state index is 8.14. The van der Waals surface area contributed by atoms with Gasteiger partial charge in [-0.2, -0.15) is 0 Å². The van der Waals surface area contributed by atoms with Gasteiger partial charge in [0.15, 0.2) is 0 Å². The quantitative estimate of drug-likeness (QED) is 0.374. The van der Waals surface area contributed by atoms with E-state index in [0.29, 0.717) is 10.6 Å². The van der Waals surface area contributed by atoms with Gasteiger partial charge in [-0.25, -0.2) is 0 Å². The number of benzene rings is 1. The van der Waals surface area contributed by atoms with Crippen LogP contribution in [0.25, 0.3) is 0 Å². The van der Waals surface area contributed by atoms with Gasteiger partial charge in [0, 0.05) is 11.6 Å². The van der Waals surface area contributed by atoms with Crippen LogP contribution in [0.2, 0.25) is 5.02 Å². The molecule has 1 radical (unpaired) electrons. The Kier molecular flexibility index (Phi) is 2.29. The Balaban J connectivity index is 3.03. The molecule has 0 aromatic heterocycles. The zero-order valence-electron chi connectivity index (χ0n) is 5.08. The van der Waals surface area contributed by atoms with E-state index in [9.17, 15) is 0 Å². The van der Waals surface area contributed by atoms with E-state index in [4.69, 9.17) is 16.8 Å². The number of hydrogen-bond donors (Lipinski definition) is 1. The van der Waals surface area contributed by atoms with E-state index in [1.807, 2.05) is 0 Å². The highest BCUT2D eigenvalue weighted by Gasteiger charge is 1.92. The first-order valence-electron chi connectivity index (χ1n) is 2.68. The van der Waals surface area contributed by atoms with Gasteiger partial charge in [0.2, 0.25) is 0 Å². The molecule has 0 amide bonds. The van der Waals surface area contributed by atoms with Crippen molar-refractivity contribution in [2.24, 2.45) is 5.16 Å². The van der Waals surface area contributed by atoms with Crippen molar-refractivity contribution in [3.05, 3.63) is 34.9 Å². The normalized spacial score (nSPS) is 10.5. The third-order valence-electron chi connectivity index (χ3n) is 1.03. The Labute approximate surface area is 63.7 Å². The summed E-state index contributed by atoms with van der Waals surface area (Å²) in [6.07, 6.45) is 1.26. The molecule has 2 nitrogen and oxygen atoms in total. The van der Waals surface area contributed by atoms with Crippen LogP contribution in [0.15, 0.2) is 23.4 Å². The highest BCUT2D eigenvalue weighted by atomic mass is 35.5. The molecule has 0 bridgehead atoms. The van der Waals surface area contributed by atoms with Crippen molar-refractivity contribution < 1.29 is 5.21 Å². The number of rotatable bonds is 1. The van der Waals surface area contributed by atoms with E-state index in [1.165, 1.54) is 6.21 Å². The molecule has 1 rings (SSSR count). The van der Waals surface area contributed by atoms with E-state index in [2.05, 4.69) is 11.2 Å². The molecule has 0 saturated heterocycles. The van der Waals surface area contributed by atoms with Crippen molar-refractivity contribution in [1.29, 1.82) is 0 Å². The summed E-state index contributed by atoms with van der Waals surface area (Å²) in [6.45, 7) is 0. The zero-order chi connectivity index (χ0) is 7.40. The Morgan fingerprint density at radius 2 is 2.50 bits per heavy atom. The van der Waals surface area contributed by atoms with Gasteiger partial charge in [0.25, 0.3) is 0 Å². The van der Waals surface area contributed by atoms with Crippen LogP contribution >= 0.6 is 11.6 Å². The van der Waals surface area contributed by atoms with Crippen molar-refractivity contribution in [2.45, 2.75) is 0 Å². The van der Waals surface area contributed by atoms with Gasteiger partial charge in [-0.05, 0) is 0 Å². The fourth-order valence-corrected chi connectivity index (χ4v) is 0.766. The second kappa shape index (κ2) is 3.22. The van der Waals surface area contributed by atoms with Gasteiger partial charge in [0.1, 0.15) is 0 Å². The second-order valence-corrected chi connectivity index (χ2v) is 2.06. The first-order valence-corrected chi connectivity index (χ1v) is 3.06. The number of nitrogens with zero attached hydrogens (tertiary/aromatic N) is 1. The lowest BCUT2D eigenvalue weighted by Gasteiger charge is -1.91. The molecule has 0 unspecified atom stereocenters. The van der Waals surface area contributed by atoms with Crippen molar-refractivity contribution in [3.63, 3.8) is 0 Å². The Bertz CT molecular complexity index is 247. The van der Waals surface area contributed by atoms with Crippen LogP contribution in [0.4, 0.5) is 0 Å². The second-order valence-electron chi connectivity index (χ2n) is 1.68. The summed E-state index contributed by atoms with van der Waals surface area (Å²) >= 11 is 5.65. The van der Waals surface area contributed by atoms with Crippen LogP contribution in [0.3, 0.4) is 0 Å². The van der Waals surface area contributed by atoms with Crippen molar-refractivity contribution in [2.75, 3.05) is 0 Å². The maximum absolute atomic E-state index is 8.14. The van der Waals surface area contributed by atoms with Crippen molar-refractivity contribution >= 4 is 17.8 Å². The van der Waals surface area contributed by atoms with Crippen molar-refractivity contribution in [3.8, 4) is 0 Å². The van der Waals surface area contributed by atoms with Crippen LogP contribution < -0.4 is 0 Å². The van der Waals surface area contributed by atoms with Gasteiger partial charge in [-0.15, -0.1) is 0 Å². The van der Waals surface area contributed by atoms with Crippen LogP contribution in [0.1, 0.15) is 5.56 Å². The minimum absolute atomic E-state index is 0.459. The van der Waals surface area contributed by atoms with E-state index in [1.54, 1.807) is 18.2 Å². The number of hydrogen-bond acceptors (Lipinski definition) is 2. The number of halogens is 1. The van der Waals surface area contributed by atoms with Gasteiger partial charge in [-0.1, -0.05) is 35.0 Å². The van der Waals surface area contributed by atoms with E-state index >= 15 is 0 Å². The average Bonchev–Trinajstić information content (AvgIpc) is 1.94. The highest BCUT2D eigenvalue weighted by molar-refractivity contribution is 6.32. The third kappa shape index (κ3) is 1.48. The molecule has 0 aliphatic carbocycles. The number of oxime groups is 1. The van der Waals surface area contributed by atoms with Crippen LogP contribution in [0, 0.1) is 6.07 Å². The maximum Gasteiger partial charge on any atom is 0.0749 e. The molecule has 0 heterocycles. The molecule has 0 aliphatic heterocycles. The molecule has 0 spiro atoms. The first kappa shape index (κ1) is 7.09. The van der Waals surface area contributed by atoms with Crippen LogP contribution in [0.5, 0.6) is 0 Å². The Morgan fingerprint density at radius 1 is 1.70 bits per heavy atom. The largest absolute Gasteiger partial charge is 0.411 e. The molecular weight excluding hydrogens is 150 g/mol. The molecule has 51 valence electrons. The predicted octanol–water partition coefficient (Wildman–Crippen LogP) is 1.95. The molecular formula is C7H5ClNO. The molecule has 10 heavy (non-hydrogen) atoms. The standard InChI is InChI=1S/C7H5ClNO/c8-7-4-2-1-3-6(7)5-9-10/h1-3,5,10H/b9-5-. The average molecular weight is 155 g/mol. The predicted molar refractivity (Wildman–Crippen MR) is 39.7 cm³/mol. The molecule has 1 aromatic rings. The Morgan fingerprint density at radius 3 is 3.10 bits per heavy atom. The fourth-order valence-electron chi connectivity index (χ4n) is 0.591. The summed E-state index contributed by atoms with van der Waals surface area (Å²) in [5, 5.41) is 11.4. The van der Waals surface area contributed by atoms with Crippen molar-refractivity contribution in [1.82, 2.24) is 0 Å². The molecule has 3 heteroatoms. The molecule has 0 saturated carbocycles. The van der Waals surface area contributed by atoms with Gasteiger partial charge >= 0.3 is 0 Å². The summed E-state index contributed by atoms with van der Waals surface area (Å²) < 4.78 is 0. The first-order chi connectivity index (χ1) is 4.84. The molecule has 0 fully saturated rings. The summed E-state index contributed by atoms with van der Waals surface area (Å²) in [4.78, 5) is 0. The lowest BCUT2D eigenvalue weighted by atomic mass is 10.2. The van der Waals surface area contributed by atoms with Gasteiger partial charge < -0.3 is 5.21 Å². The van der Waals surface area contributed by atoms with Gasteiger partial charge in [0.05, 0.1) is 11.2 Å². The summed E-state index contributed by atoms with van der Waals surface area (Å²) in [5.74, 6) is 0. The van der Waals surface area contributed by atoms with Crippen LogP contribution in [-0.2, 0) is 0 Å². The molecule has 0 atom stereocenters. The zero-order valence-corrected chi connectivity index (χ0v) is 5.84. The van der Waals surface area contributed by atoms with Crippen LogP contribution in [-0.4, -0.2) is 11.4 Å². The van der Waals surface area contributed by atoms with E-state index < -0.39 is 0 Å². The monoisotopic (exact) mass is 154 g/mol. The minimum Gasteiger partial charge on any atom is -0.411 e. The fraction of sp³-hybridized carbons (Fsp3) is 0. The molecule has 0 aliphatic rings. The lowest BCUT2D eigenvalue weighted by molar-refractivity contribution is 0.322. The summed E-state index contributed by atoms with van der Waals surface area (Å²) in [5.41, 5.74) is 0.659. The smallest absolute Gasteiger partial charge is 0.0749 e. The third-order valence-corrected chi connectivity index (χ3v) is 1.36. The highest BCUT2D eigenvalue weighted by Crippen LogP contribution is 2.10. The minimum atomic E-state index is 0.459. The molecule has 1 aromatic carbocycles. The lowest BCUT2D eigenvalue weighted by Crippen LogP contribution is -1.80. The molecule has 1 N–H and O–H groups in total.